The highest BCUT2D eigenvalue weighted by atomic mass is 16.6. The molecule has 0 atom stereocenters. The van der Waals surface area contributed by atoms with Crippen LogP contribution in [-0.4, -0.2) is 37.1 Å². The molecule has 0 aliphatic heterocycles. The second-order valence-corrected chi connectivity index (χ2v) is 8.61. The lowest BCUT2D eigenvalue weighted by Gasteiger charge is -2.24. The molecule has 0 spiro atoms. The number of rotatable bonds is 11. The number of anilines is 2. The van der Waals surface area contributed by atoms with Gasteiger partial charge >= 0.3 is 6.03 Å². The molecule has 0 saturated carbocycles. The molecule has 0 unspecified atom stereocenters. The summed E-state index contributed by atoms with van der Waals surface area (Å²) in [4.78, 5) is 37.9. The van der Waals surface area contributed by atoms with E-state index in [1.54, 1.807) is 47.4 Å². The van der Waals surface area contributed by atoms with Gasteiger partial charge in [0.1, 0.15) is 17.2 Å². The third-order valence-corrected chi connectivity index (χ3v) is 5.88. The number of carbonyl (C=O) groups excluding carboxylic acids is 2. The summed E-state index contributed by atoms with van der Waals surface area (Å²) < 4.78 is 11.2. The zero-order valence-corrected chi connectivity index (χ0v) is 21.8. The van der Waals surface area contributed by atoms with E-state index < -0.39 is 10.8 Å². The van der Waals surface area contributed by atoms with Gasteiger partial charge in [-0.05, 0) is 61.0 Å². The molecular weight excluding hydrogens is 512 g/mol. The fourth-order valence-corrected chi connectivity index (χ4v) is 3.90. The van der Waals surface area contributed by atoms with Crippen LogP contribution in [0.3, 0.4) is 0 Å². The molecule has 0 aromatic heterocycles. The van der Waals surface area contributed by atoms with E-state index in [4.69, 9.17) is 9.47 Å². The first-order valence-corrected chi connectivity index (χ1v) is 12.5. The van der Waals surface area contributed by atoms with Crippen molar-refractivity contribution in [1.29, 1.82) is 0 Å². The normalized spacial score (nSPS) is 10.3. The maximum atomic E-state index is 13.4. The Bertz CT molecular complexity index is 1460. The Morgan fingerprint density at radius 2 is 1.57 bits per heavy atom. The summed E-state index contributed by atoms with van der Waals surface area (Å²) in [5, 5.41) is 16.6. The van der Waals surface area contributed by atoms with Crippen molar-refractivity contribution in [2.45, 2.75) is 6.42 Å². The minimum absolute atomic E-state index is 0.161. The zero-order valence-electron chi connectivity index (χ0n) is 21.8. The lowest BCUT2D eigenvalue weighted by molar-refractivity contribution is -0.384. The first-order chi connectivity index (χ1) is 19.4. The lowest BCUT2D eigenvalue weighted by atomic mass is 10.2. The van der Waals surface area contributed by atoms with Crippen LogP contribution in [0.4, 0.5) is 21.9 Å². The summed E-state index contributed by atoms with van der Waals surface area (Å²) in [6.45, 7) is 0.518. The van der Waals surface area contributed by atoms with Gasteiger partial charge in [0.2, 0.25) is 0 Å². The maximum absolute atomic E-state index is 13.4. The maximum Gasteiger partial charge on any atom is 0.326 e. The van der Waals surface area contributed by atoms with E-state index in [1.165, 1.54) is 31.4 Å². The minimum Gasteiger partial charge on any atom is -0.495 e. The number of carbonyl (C=O) groups is 2. The Hall–Kier alpha value is -5.38. The number of methoxy groups -OCH3 is 1. The van der Waals surface area contributed by atoms with E-state index in [9.17, 15) is 19.7 Å². The number of ether oxygens (including phenoxy) is 2. The lowest BCUT2D eigenvalue weighted by Crippen LogP contribution is -2.37. The number of nitro groups is 1. The molecule has 40 heavy (non-hydrogen) atoms. The van der Waals surface area contributed by atoms with Crippen LogP contribution in [0.25, 0.3) is 0 Å². The third kappa shape index (κ3) is 7.35. The van der Waals surface area contributed by atoms with Gasteiger partial charge in [-0.25, -0.2) is 4.79 Å². The molecule has 3 amide bonds. The van der Waals surface area contributed by atoms with Crippen molar-refractivity contribution in [3.63, 3.8) is 0 Å². The summed E-state index contributed by atoms with van der Waals surface area (Å²) in [6.07, 6.45) is 0.419. The first-order valence-electron chi connectivity index (χ1n) is 12.5. The molecule has 0 aliphatic carbocycles. The molecule has 10 nitrogen and oxygen atoms in total. The van der Waals surface area contributed by atoms with E-state index in [1.807, 2.05) is 36.4 Å². The molecule has 0 aliphatic rings. The second kappa shape index (κ2) is 13.4. The van der Waals surface area contributed by atoms with Gasteiger partial charge in [0, 0.05) is 36.5 Å². The average molecular weight is 541 g/mol. The van der Waals surface area contributed by atoms with Crippen molar-refractivity contribution in [2.75, 3.05) is 30.4 Å². The van der Waals surface area contributed by atoms with Crippen LogP contribution in [0.5, 0.6) is 17.2 Å². The van der Waals surface area contributed by atoms with Gasteiger partial charge in [0.05, 0.1) is 17.7 Å². The molecule has 0 saturated heterocycles. The molecule has 0 heterocycles. The summed E-state index contributed by atoms with van der Waals surface area (Å²) in [7, 11) is 1.53. The standard InChI is InChI=1S/C30H28N4O6/c1-39-28-14-6-5-13-27(28)32-30(36)33(23-15-17-26(18-16-23)40-25-11-3-2-4-12-25)20-8-19-31-29(35)22-9-7-10-24(21-22)34(37)38/h2-7,9-18,21H,8,19-20H2,1H3,(H,31,35)(H,32,36). The number of para-hydroxylation sites is 3. The summed E-state index contributed by atoms with van der Waals surface area (Å²) in [5.41, 5.74) is 1.17. The smallest absolute Gasteiger partial charge is 0.326 e. The number of nitro benzene ring substituents is 1. The Labute approximate surface area is 231 Å². The van der Waals surface area contributed by atoms with Gasteiger partial charge < -0.3 is 20.1 Å². The molecule has 0 fully saturated rings. The predicted octanol–water partition coefficient (Wildman–Crippen LogP) is 6.25. The molecule has 0 radical (unpaired) electrons. The zero-order chi connectivity index (χ0) is 28.3. The van der Waals surface area contributed by atoms with E-state index in [2.05, 4.69) is 10.6 Å². The largest absolute Gasteiger partial charge is 0.495 e. The van der Waals surface area contributed by atoms with E-state index in [0.717, 1.165) is 0 Å². The van der Waals surface area contributed by atoms with Gasteiger partial charge in [-0.15, -0.1) is 0 Å². The van der Waals surface area contributed by atoms with Gasteiger partial charge in [0.25, 0.3) is 11.6 Å². The number of amides is 3. The predicted molar refractivity (Wildman–Crippen MR) is 152 cm³/mol. The molecular formula is C30H28N4O6. The van der Waals surface area contributed by atoms with Crippen molar-refractivity contribution in [1.82, 2.24) is 5.32 Å². The Kier molecular flexibility index (Phi) is 9.28. The van der Waals surface area contributed by atoms with Crippen molar-refractivity contribution in [3.8, 4) is 17.2 Å². The van der Waals surface area contributed by atoms with Crippen LogP contribution in [-0.2, 0) is 0 Å². The van der Waals surface area contributed by atoms with Crippen LogP contribution in [0, 0.1) is 10.1 Å². The van der Waals surface area contributed by atoms with Gasteiger partial charge in [-0.2, -0.15) is 0 Å². The van der Waals surface area contributed by atoms with Crippen LogP contribution in [0.1, 0.15) is 16.8 Å². The van der Waals surface area contributed by atoms with Crippen molar-refractivity contribution >= 4 is 29.0 Å². The van der Waals surface area contributed by atoms with Gasteiger partial charge in [-0.1, -0.05) is 36.4 Å². The van der Waals surface area contributed by atoms with E-state index >= 15 is 0 Å². The van der Waals surface area contributed by atoms with Crippen LogP contribution in [0.15, 0.2) is 103 Å². The topological polar surface area (TPSA) is 123 Å². The van der Waals surface area contributed by atoms with Gasteiger partial charge in [-0.3, -0.25) is 19.8 Å². The van der Waals surface area contributed by atoms with Gasteiger partial charge in [0.15, 0.2) is 0 Å². The average Bonchev–Trinajstić information content (AvgIpc) is 2.98. The molecule has 4 rings (SSSR count). The Morgan fingerprint density at radius 3 is 2.30 bits per heavy atom. The molecule has 4 aromatic rings. The minimum atomic E-state index is -0.550. The number of non-ortho nitro benzene ring substituents is 1. The monoisotopic (exact) mass is 540 g/mol. The highest BCUT2D eigenvalue weighted by molar-refractivity contribution is 6.02. The van der Waals surface area contributed by atoms with Crippen molar-refractivity contribution in [2.24, 2.45) is 0 Å². The number of hydrogen-bond donors (Lipinski definition) is 2. The quantitative estimate of drug-likeness (QED) is 0.132. The number of nitrogens with zero attached hydrogens (tertiary/aromatic N) is 2. The molecule has 204 valence electrons. The summed E-state index contributed by atoms with van der Waals surface area (Å²) >= 11 is 0. The highest BCUT2D eigenvalue weighted by Gasteiger charge is 2.18. The van der Waals surface area contributed by atoms with E-state index in [0.29, 0.717) is 35.0 Å². The fraction of sp³-hybridized carbons (Fsp3) is 0.133. The van der Waals surface area contributed by atoms with Crippen LogP contribution < -0.4 is 25.0 Å². The van der Waals surface area contributed by atoms with Crippen molar-refractivity contribution < 1.29 is 24.0 Å². The number of nitrogens with one attached hydrogen (secondary N) is 2. The molecule has 2 N–H and O–H groups in total. The molecule has 0 bridgehead atoms. The Morgan fingerprint density at radius 1 is 0.875 bits per heavy atom. The second-order valence-electron chi connectivity index (χ2n) is 8.61. The number of benzene rings is 4. The molecule has 4 aromatic carbocycles. The SMILES string of the molecule is COc1ccccc1NC(=O)N(CCCNC(=O)c1cccc([N+](=O)[O-])c1)c1ccc(Oc2ccccc2)cc1. The fourth-order valence-electron chi connectivity index (χ4n) is 3.90. The highest BCUT2D eigenvalue weighted by Crippen LogP contribution is 2.27. The summed E-state index contributed by atoms with van der Waals surface area (Å²) in [5.74, 6) is 1.40. The molecule has 10 heteroatoms. The summed E-state index contributed by atoms with van der Waals surface area (Å²) in [6, 6.07) is 28.7. The number of urea groups is 1. The Balaban J connectivity index is 1.44. The van der Waals surface area contributed by atoms with E-state index in [-0.39, 0.29) is 30.4 Å². The van der Waals surface area contributed by atoms with Crippen LogP contribution in [0.2, 0.25) is 0 Å². The van der Waals surface area contributed by atoms with Crippen LogP contribution >= 0.6 is 0 Å². The number of hydrogen-bond acceptors (Lipinski definition) is 6. The third-order valence-electron chi connectivity index (χ3n) is 5.88. The van der Waals surface area contributed by atoms with Crippen molar-refractivity contribution in [3.05, 3.63) is 119 Å². The first kappa shape index (κ1) is 27.6.